The Morgan fingerprint density at radius 3 is 2.08 bits per heavy atom. The fourth-order valence-electron chi connectivity index (χ4n) is 2.30. The SMILES string of the molecule is C[C@H](N[C@@H](CNC(=O)c1ccccc1)C(F)(F)F)c1ccccc1. The Hall–Kier alpha value is -2.34. The zero-order chi connectivity index (χ0) is 17.6. The van der Waals surface area contributed by atoms with E-state index < -0.39 is 30.7 Å². The maximum atomic E-state index is 13.2. The number of hydrogen-bond acceptors (Lipinski definition) is 2. The predicted octanol–water partition coefficient (Wildman–Crippen LogP) is 3.70. The molecule has 0 saturated heterocycles. The van der Waals surface area contributed by atoms with Crippen LogP contribution in [0.15, 0.2) is 60.7 Å². The van der Waals surface area contributed by atoms with E-state index in [4.69, 9.17) is 0 Å². The van der Waals surface area contributed by atoms with Crippen molar-refractivity contribution in [3.63, 3.8) is 0 Å². The molecule has 0 aliphatic carbocycles. The van der Waals surface area contributed by atoms with Gasteiger partial charge in [-0.2, -0.15) is 13.2 Å². The van der Waals surface area contributed by atoms with Crippen molar-refractivity contribution in [3.05, 3.63) is 71.8 Å². The van der Waals surface area contributed by atoms with Gasteiger partial charge in [-0.1, -0.05) is 48.5 Å². The second-order valence-corrected chi connectivity index (χ2v) is 5.47. The summed E-state index contributed by atoms with van der Waals surface area (Å²) in [6, 6.07) is 14.7. The topological polar surface area (TPSA) is 41.1 Å². The van der Waals surface area contributed by atoms with Gasteiger partial charge in [-0.15, -0.1) is 0 Å². The van der Waals surface area contributed by atoms with E-state index >= 15 is 0 Å². The van der Waals surface area contributed by atoms with Gasteiger partial charge in [0.25, 0.3) is 5.91 Å². The highest BCUT2D eigenvalue weighted by atomic mass is 19.4. The molecule has 0 fully saturated rings. The summed E-state index contributed by atoms with van der Waals surface area (Å²) in [7, 11) is 0. The number of carbonyl (C=O) groups excluding carboxylic acids is 1. The molecule has 0 radical (unpaired) electrons. The molecule has 0 aliphatic heterocycles. The Morgan fingerprint density at radius 2 is 1.54 bits per heavy atom. The fraction of sp³-hybridized carbons (Fsp3) is 0.278. The van der Waals surface area contributed by atoms with E-state index in [2.05, 4.69) is 10.6 Å². The lowest BCUT2D eigenvalue weighted by Crippen LogP contribution is -2.50. The van der Waals surface area contributed by atoms with Crippen molar-refractivity contribution in [2.45, 2.75) is 25.2 Å². The van der Waals surface area contributed by atoms with E-state index in [1.807, 2.05) is 0 Å². The van der Waals surface area contributed by atoms with Crippen molar-refractivity contribution < 1.29 is 18.0 Å². The van der Waals surface area contributed by atoms with Gasteiger partial charge in [-0.05, 0) is 24.6 Å². The van der Waals surface area contributed by atoms with E-state index in [1.54, 1.807) is 67.6 Å². The number of carbonyl (C=O) groups is 1. The van der Waals surface area contributed by atoms with Crippen LogP contribution in [0.5, 0.6) is 0 Å². The Morgan fingerprint density at radius 1 is 1.00 bits per heavy atom. The molecule has 1 amide bonds. The van der Waals surface area contributed by atoms with Crippen molar-refractivity contribution >= 4 is 5.91 Å². The third kappa shape index (κ3) is 5.09. The van der Waals surface area contributed by atoms with E-state index in [0.29, 0.717) is 5.56 Å². The molecule has 0 saturated carbocycles. The van der Waals surface area contributed by atoms with Gasteiger partial charge < -0.3 is 5.32 Å². The minimum Gasteiger partial charge on any atom is -0.350 e. The minimum absolute atomic E-state index is 0.328. The van der Waals surface area contributed by atoms with Crippen LogP contribution in [0.3, 0.4) is 0 Å². The maximum absolute atomic E-state index is 13.2. The molecule has 2 aromatic carbocycles. The zero-order valence-corrected chi connectivity index (χ0v) is 13.2. The minimum atomic E-state index is -4.47. The van der Waals surface area contributed by atoms with Gasteiger partial charge >= 0.3 is 6.18 Å². The summed E-state index contributed by atoms with van der Waals surface area (Å²) in [5, 5.41) is 4.88. The summed E-state index contributed by atoms with van der Waals surface area (Å²) in [6.45, 7) is 1.13. The Balaban J connectivity index is 2.00. The van der Waals surface area contributed by atoms with Crippen LogP contribution in [0.1, 0.15) is 28.9 Å². The number of nitrogens with one attached hydrogen (secondary N) is 2. The lowest BCUT2D eigenvalue weighted by atomic mass is 10.1. The zero-order valence-electron chi connectivity index (χ0n) is 13.2. The molecule has 0 aromatic heterocycles. The first-order valence-corrected chi connectivity index (χ1v) is 7.59. The largest absolute Gasteiger partial charge is 0.405 e. The number of hydrogen-bond donors (Lipinski definition) is 2. The van der Waals surface area contributed by atoms with Crippen LogP contribution >= 0.6 is 0 Å². The van der Waals surface area contributed by atoms with Crippen LogP contribution in [-0.4, -0.2) is 24.7 Å². The number of halogens is 3. The van der Waals surface area contributed by atoms with Crippen LogP contribution in [0, 0.1) is 0 Å². The summed E-state index contributed by atoms with van der Waals surface area (Å²) in [5.41, 5.74) is 1.08. The Bertz CT molecular complexity index is 644. The second kappa shape index (κ2) is 7.97. The molecule has 0 heterocycles. The van der Waals surface area contributed by atoms with Crippen LogP contribution in [0.25, 0.3) is 0 Å². The molecular formula is C18H19F3N2O. The van der Waals surface area contributed by atoms with Gasteiger partial charge in [0.1, 0.15) is 6.04 Å². The normalized spacial score (nSPS) is 14.0. The van der Waals surface area contributed by atoms with Gasteiger partial charge in [0, 0.05) is 18.2 Å². The third-order valence-corrected chi connectivity index (χ3v) is 3.65. The molecule has 24 heavy (non-hydrogen) atoms. The quantitative estimate of drug-likeness (QED) is 0.844. The van der Waals surface area contributed by atoms with Crippen LogP contribution in [-0.2, 0) is 0 Å². The molecule has 2 rings (SSSR count). The summed E-state index contributed by atoms with van der Waals surface area (Å²) < 4.78 is 39.7. The molecule has 2 N–H and O–H groups in total. The summed E-state index contributed by atoms with van der Waals surface area (Å²) in [4.78, 5) is 11.9. The molecule has 128 valence electrons. The van der Waals surface area contributed by atoms with Gasteiger partial charge in [0.15, 0.2) is 0 Å². The van der Waals surface area contributed by atoms with Crippen LogP contribution < -0.4 is 10.6 Å². The summed E-state index contributed by atoms with van der Waals surface area (Å²) >= 11 is 0. The van der Waals surface area contributed by atoms with Gasteiger partial charge in [0.05, 0.1) is 0 Å². The standard InChI is InChI=1S/C18H19F3N2O/c1-13(14-8-4-2-5-9-14)23-16(18(19,20)21)12-22-17(24)15-10-6-3-7-11-15/h2-11,13,16,23H,12H2,1H3,(H,22,24)/t13-,16-/m0/s1. The van der Waals surface area contributed by atoms with Gasteiger partial charge in [0.2, 0.25) is 0 Å². The van der Waals surface area contributed by atoms with Crippen LogP contribution in [0.2, 0.25) is 0 Å². The van der Waals surface area contributed by atoms with Crippen LogP contribution in [0.4, 0.5) is 13.2 Å². The van der Waals surface area contributed by atoms with Gasteiger partial charge in [-0.3, -0.25) is 10.1 Å². The number of benzene rings is 2. The molecular weight excluding hydrogens is 317 g/mol. The first kappa shape index (κ1) is 18.0. The maximum Gasteiger partial charge on any atom is 0.405 e. The smallest absolute Gasteiger partial charge is 0.350 e. The summed E-state index contributed by atoms with van der Waals surface area (Å²) in [5.74, 6) is -0.529. The molecule has 3 nitrogen and oxygen atoms in total. The molecule has 0 bridgehead atoms. The van der Waals surface area contributed by atoms with Crippen molar-refractivity contribution in [3.8, 4) is 0 Å². The average Bonchev–Trinajstić information content (AvgIpc) is 2.58. The molecule has 2 atom stereocenters. The Labute approximate surface area is 138 Å². The predicted molar refractivity (Wildman–Crippen MR) is 86.6 cm³/mol. The molecule has 6 heteroatoms. The highest BCUT2D eigenvalue weighted by Crippen LogP contribution is 2.23. The highest BCUT2D eigenvalue weighted by Gasteiger charge is 2.40. The second-order valence-electron chi connectivity index (χ2n) is 5.47. The first-order valence-electron chi connectivity index (χ1n) is 7.59. The molecule has 2 aromatic rings. The summed E-state index contributed by atoms with van der Waals surface area (Å²) in [6.07, 6.45) is -4.47. The number of rotatable bonds is 6. The fourth-order valence-corrected chi connectivity index (χ4v) is 2.30. The van der Waals surface area contributed by atoms with Crippen molar-refractivity contribution in [1.29, 1.82) is 0 Å². The average molecular weight is 336 g/mol. The number of alkyl halides is 3. The first-order chi connectivity index (χ1) is 11.4. The lowest BCUT2D eigenvalue weighted by Gasteiger charge is -2.26. The monoisotopic (exact) mass is 336 g/mol. The van der Waals surface area contributed by atoms with E-state index in [1.165, 1.54) is 0 Å². The molecule has 0 aliphatic rings. The molecule has 0 unspecified atom stereocenters. The lowest BCUT2D eigenvalue weighted by molar-refractivity contribution is -0.156. The molecule has 0 spiro atoms. The van der Waals surface area contributed by atoms with E-state index in [9.17, 15) is 18.0 Å². The highest BCUT2D eigenvalue weighted by molar-refractivity contribution is 5.94. The van der Waals surface area contributed by atoms with Crippen molar-refractivity contribution in [2.75, 3.05) is 6.54 Å². The Kier molecular flexibility index (Phi) is 5.98. The van der Waals surface area contributed by atoms with Crippen molar-refractivity contribution in [2.24, 2.45) is 0 Å². The van der Waals surface area contributed by atoms with E-state index in [-0.39, 0.29) is 0 Å². The van der Waals surface area contributed by atoms with Gasteiger partial charge in [-0.25, -0.2) is 0 Å². The van der Waals surface area contributed by atoms with Crippen molar-refractivity contribution in [1.82, 2.24) is 10.6 Å². The van der Waals surface area contributed by atoms with E-state index in [0.717, 1.165) is 5.56 Å². The third-order valence-electron chi connectivity index (χ3n) is 3.65. The number of amides is 1.